The second-order valence-electron chi connectivity index (χ2n) is 2.33. The zero-order chi connectivity index (χ0) is 9.84. The fraction of sp³-hybridized carbons (Fsp3) is 0.125. The Hall–Kier alpha value is -0.680. The third-order valence-electron chi connectivity index (χ3n) is 1.40. The number of thiocarbonyl (C=S) groups is 1. The van der Waals surface area contributed by atoms with Gasteiger partial charge in [-0.2, -0.15) is 0 Å². The molecule has 0 aliphatic carbocycles. The molecule has 0 spiro atoms. The van der Waals surface area contributed by atoms with E-state index in [1.165, 1.54) is 12.1 Å². The number of hydrogen-bond acceptors (Lipinski definition) is 1. The third-order valence-corrected chi connectivity index (χ3v) is 2.40. The minimum atomic E-state index is -0.301. The highest BCUT2D eigenvalue weighted by Crippen LogP contribution is 2.22. The van der Waals surface area contributed by atoms with Crippen molar-refractivity contribution in [1.82, 2.24) is 5.32 Å². The van der Waals surface area contributed by atoms with Gasteiger partial charge >= 0.3 is 0 Å². The lowest BCUT2D eigenvalue weighted by molar-refractivity contribution is 0.628. The summed E-state index contributed by atoms with van der Waals surface area (Å²) in [5.74, 6) is -0.301. The second kappa shape index (κ2) is 4.53. The highest BCUT2D eigenvalue weighted by molar-refractivity contribution is 9.10. The molecule has 13 heavy (non-hydrogen) atoms. The van der Waals surface area contributed by atoms with Crippen LogP contribution in [0.25, 0.3) is 0 Å². The lowest BCUT2D eigenvalue weighted by Gasteiger charge is -2.08. The van der Waals surface area contributed by atoms with Crippen LogP contribution >= 0.6 is 28.1 Å². The Labute approximate surface area is 89.7 Å². The Morgan fingerprint density at radius 3 is 2.85 bits per heavy atom. The largest absolute Gasteiger partial charge is 0.366 e. The molecule has 0 aromatic heterocycles. The van der Waals surface area contributed by atoms with E-state index in [0.717, 1.165) is 4.47 Å². The van der Waals surface area contributed by atoms with E-state index in [4.69, 9.17) is 12.2 Å². The fourth-order valence-electron chi connectivity index (χ4n) is 0.778. The van der Waals surface area contributed by atoms with E-state index in [-0.39, 0.29) is 5.82 Å². The van der Waals surface area contributed by atoms with Crippen LogP contribution in [0.3, 0.4) is 0 Å². The highest BCUT2D eigenvalue weighted by Gasteiger charge is 2.02. The monoisotopic (exact) mass is 262 g/mol. The number of hydrogen-bond donors (Lipinski definition) is 2. The summed E-state index contributed by atoms with van der Waals surface area (Å²) in [6.45, 7) is 0. The number of nitrogens with one attached hydrogen (secondary N) is 2. The number of rotatable bonds is 1. The quantitative estimate of drug-likeness (QED) is 0.761. The zero-order valence-corrected chi connectivity index (χ0v) is 9.30. The molecule has 5 heteroatoms. The van der Waals surface area contributed by atoms with Gasteiger partial charge in [-0.15, -0.1) is 0 Å². The predicted molar refractivity (Wildman–Crippen MR) is 59.4 cm³/mol. The van der Waals surface area contributed by atoms with Crippen LogP contribution in [0.1, 0.15) is 0 Å². The maximum atomic E-state index is 12.8. The molecule has 0 saturated carbocycles. The molecule has 0 unspecified atom stereocenters. The molecular weight excluding hydrogens is 255 g/mol. The lowest BCUT2D eigenvalue weighted by Crippen LogP contribution is -2.24. The maximum Gasteiger partial charge on any atom is 0.170 e. The molecule has 0 aliphatic rings. The lowest BCUT2D eigenvalue weighted by atomic mass is 10.3. The summed E-state index contributed by atoms with van der Waals surface area (Å²) in [6.07, 6.45) is 0. The normalized spacial score (nSPS) is 9.46. The van der Waals surface area contributed by atoms with Gasteiger partial charge < -0.3 is 10.6 Å². The Morgan fingerprint density at radius 1 is 1.54 bits per heavy atom. The Morgan fingerprint density at radius 2 is 2.23 bits per heavy atom. The molecule has 0 amide bonds. The molecule has 2 nitrogen and oxygen atoms in total. The molecular formula is C8H8BrFN2S. The van der Waals surface area contributed by atoms with Crippen molar-refractivity contribution in [3.63, 3.8) is 0 Å². The highest BCUT2D eigenvalue weighted by atomic mass is 79.9. The SMILES string of the molecule is CNC(=S)Nc1cc(F)ccc1Br. The fourth-order valence-corrected chi connectivity index (χ4v) is 1.23. The molecule has 1 rings (SSSR count). The number of anilines is 1. The van der Waals surface area contributed by atoms with E-state index in [1.54, 1.807) is 13.1 Å². The Bertz CT molecular complexity index is 330. The smallest absolute Gasteiger partial charge is 0.170 e. The first-order valence-electron chi connectivity index (χ1n) is 3.57. The standard InChI is InChI=1S/C8H8BrFN2S/c1-11-8(13)12-7-4-5(10)2-3-6(7)9/h2-4H,1H3,(H2,11,12,13). The summed E-state index contributed by atoms with van der Waals surface area (Å²) in [5, 5.41) is 6.02. The molecule has 0 fully saturated rings. The van der Waals surface area contributed by atoms with Crippen molar-refractivity contribution < 1.29 is 4.39 Å². The number of benzene rings is 1. The molecule has 1 aromatic carbocycles. The first-order valence-corrected chi connectivity index (χ1v) is 4.77. The van der Waals surface area contributed by atoms with Gasteiger partial charge in [0.2, 0.25) is 0 Å². The van der Waals surface area contributed by atoms with Crippen LogP contribution in [0.15, 0.2) is 22.7 Å². The first kappa shape index (κ1) is 10.4. The topological polar surface area (TPSA) is 24.1 Å². The Balaban J connectivity index is 2.87. The van der Waals surface area contributed by atoms with Crippen molar-refractivity contribution in [1.29, 1.82) is 0 Å². The molecule has 1 aromatic rings. The molecule has 0 saturated heterocycles. The average Bonchev–Trinajstić information content (AvgIpc) is 2.11. The third kappa shape index (κ3) is 2.93. The minimum absolute atomic E-state index is 0.301. The molecule has 0 atom stereocenters. The molecule has 0 heterocycles. The van der Waals surface area contributed by atoms with Gasteiger partial charge in [0, 0.05) is 11.5 Å². The van der Waals surface area contributed by atoms with Crippen molar-refractivity contribution in [3.8, 4) is 0 Å². The molecule has 2 N–H and O–H groups in total. The first-order chi connectivity index (χ1) is 6.13. The van der Waals surface area contributed by atoms with Crippen LogP contribution in [0.5, 0.6) is 0 Å². The molecule has 0 radical (unpaired) electrons. The van der Waals surface area contributed by atoms with Crippen LogP contribution in [-0.2, 0) is 0 Å². The van der Waals surface area contributed by atoms with E-state index >= 15 is 0 Å². The minimum Gasteiger partial charge on any atom is -0.366 e. The van der Waals surface area contributed by atoms with E-state index in [0.29, 0.717) is 10.8 Å². The summed E-state index contributed by atoms with van der Waals surface area (Å²) in [6, 6.07) is 4.36. The van der Waals surface area contributed by atoms with Crippen LogP contribution < -0.4 is 10.6 Å². The summed E-state index contributed by atoms with van der Waals surface area (Å²) >= 11 is 8.15. The summed E-state index contributed by atoms with van der Waals surface area (Å²) < 4.78 is 13.5. The van der Waals surface area contributed by atoms with Gasteiger partial charge in [-0.3, -0.25) is 0 Å². The maximum absolute atomic E-state index is 12.8. The van der Waals surface area contributed by atoms with Gasteiger partial charge in [0.15, 0.2) is 5.11 Å². The number of halogens is 2. The zero-order valence-electron chi connectivity index (χ0n) is 6.90. The van der Waals surface area contributed by atoms with Crippen molar-refractivity contribution >= 4 is 38.9 Å². The van der Waals surface area contributed by atoms with Crippen LogP contribution in [0.2, 0.25) is 0 Å². The van der Waals surface area contributed by atoms with Gasteiger partial charge in [-0.25, -0.2) is 4.39 Å². The van der Waals surface area contributed by atoms with E-state index in [2.05, 4.69) is 26.6 Å². The van der Waals surface area contributed by atoms with Crippen LogP contribution in [-0.4, -0.2) is 12.2 Å². The van der Waals surface area contributed by atoms with E-state index in [1.807, 2.05) is 0 Å². The molecule has 0 bridgehead atoms. The van der Waals surface area contributed by atoms with Crippen molar-refractivity contribution in [2.75, 3.05) is 12.4 Å². The Kier molecular flexibility index (Phi) is 3.62. The van der Waals surface area contributed by atoms with Gasteiger partial charge in [-0.1, -0.05) is 0 Å². The van der Waals surface area contributed by atoms with Crippen molar-refractivity contribution in [2.24, 2.45) is 0 Å². The van der Waals surface area contributed by atoms with Crippen LogP contribution in [0, 0.1) is 5.82 Å². The molecule has 0 aliphatic heterocycles. The summed E-state index contributed by atoms with van der Waals surface area (Å²) in [5.41, 5.74) is 0.611. The van der Waals surface area contributed by atoms with E-state index < -0.39 is 0 Å². The summed E-state index contributed by atoms with van der Waals surface area (Å²) in [7, 11) is 1.70. The van der Waals surface area contributed by atoms with Gasteiger partial charge in [0.05, 0.1) is 5.69 Å². The van der Waals surface area contributed by atoms with Crippen molar-refractivity contribution in [3.05, 3.63) is 28.5 Å². The van der Waals surface area contributed by atoms with Gasteiger partial charge in [-0.05, 0) is 46.3 Å². The van der Waals surface area contributed by atoms with Gasteiger partial charge in [0.25, 0.3) is 0 Å². The van der Waals surface area contributed by atoms with Crippen molar-refractivity contribution in [2.45, 2.75) is 0 Å². The predicted octanol–water partition coefficient (Wildman–Crippen LogP) is 2.50. The van der Waals surface area contributed by atoms with E-state index in [9.17, 15) is 4.39 Å². The average molecular weight is 263 g/mol. The van der Waals surface area contributed by atoms with Gasteiger partial charge in [0.1, 0.15) is 5.82 Å². The second-order valence-corrected chi connectivity index (χ2v) is 3.59. The van der Waals surface area contributed by atoms with Crippen LogP contribution in [0.4, 0.5) is 10.1 Å². The summed E-state index contributed by atoms with van der Waals surface area (Å²) in [4.78, 5) is 0. The molecule has 70 valence electrons.